The smallest absolute Gasteiger partial charge is 0.251 e. The summed E-state index contributed by atoms with van der Waals surface area (Å²) < 4.78 is 1.54. The van der Waals surface area contributed by atoms with E-state index in [0.717, 1.165) is 24.9 Å². The van der Waals surface area contributed by atoms with E-state index in [2.05, 4.69) is 20.8 Å². The number of carbonyl (C=O) groups excluding carboxylic acids is 1. The summed E-state index contributed by atoms with van der Waals surface area (Å²) in [4.78, 5) is 12.3. The summed E-state index contributed by atoms with van der Waals surface area (Å²) in [6, 6.07) is 7.39. The van der Waals surface area contributed by atoms with E-state index in [1.807, 2.05) is 12.1 Å². The monoisotopic (exact) mass is 322 g/mol. The van der Waals surface area contributed by atoms with Gasteiger partial charge in [-0.1, -0.05) is 6.42 Å². The van der Waals surface area contributed by atoms with Gasteiger partial charge in [0.15, 0.2) is 0 Å². The molecule has 3 N–H and O–H groups in total. The van der Waals surface area contributed by atoms with Crippen molar-refractivity contribution in [3.8, 4) is 5.69 Å². The molecule has 0 saturated heterocycles. The summed E-state index contributed by atoms with van der Waals surface area (Å²) in [7, 11) is 0. The Balaban J connectivity index is 0.00000176. The molecule has 1 heterocycles. The number of rotatable bonds is 4. The van der Waals surface area contributed by atoms with Crippen LogP contribution in [0.3, 0.4) is 0 Å². The number of nitrogens with two attached hydrogens (primary N) is 1. The Morgan fingerprint density at radius 3 is 2.73 bits per heavy atom. The minimum atomic E-state index is -0.0522. The average Bonchev–Trinajstić information content (AvgIpc) is 3.18. The number of tetrazole rings is 1. The van der Waals surface area contributed by atoms with Gasteiger partial charge in [-0.3, -0.25) is 4.79 Å². The molecule has 1 amide bonds. The molecule has 0 spiro atoms. The lowest BCUT2D eigenvalue weighted by Gasteiger charge is -2.19. The number of hydrogen-bond donors (Lipinski definition) is 2. The number of halogens is 1. The highest BCUT2D eigenvalue weighted by Gasteiger charge is 2.27. The van der Waals surface area contributed by atoms with Crippen LogP contribution in [0, 0.1) is 5.92 Å². The van der Waals surface area contributed by atoms with Gasteiger partial charge in [0, 0.05) is 11.6 Å². The maximum atomic E-state index is 12.3. The van der Waals surface area contributed by atoms with Crippen molar-refractivity contribution in [2.45, 2.75) is 25.3 Å². The van der Waals surface area contributed by atoms with Crippen LogP contribution in [0.4, 0.5) is 0 Å². The van der Waals surface area contributed by atoms with Crippen LogP contribution in [0.2, 0.25) is 0 Å². The second kappa shape index (κ2) is 7.33. The van der Waals surface area contributed by atoms with Crippen LogP contribution >= 0.6 is 12.4 Å². The molecular formula is C14H19ClN6O. The molecule has 3 rings (SSSR count). The summed E-state index contributed by atoms with van der Waals surface area (Å²) in [6.45, 7) is 0.628. The number of nitrogens with zero attached hydrogens (tertiary/aromatic N) is 4. The van der Waals surface area contributed by atoms with Crippen LogP contribution < -0.4 is 11.1 Å². The van der Waals surface area contributed by atoms with Crippen molar-refractivity contribution < 1.29 is 4.79 Å². The number of aromatic nitrogens is 4. The third kappa shape index (κ3) is 3.42. The molecule has 118 valence electrons. The normalized spacial score (nSPS) is 20.4. The fourth-order valence-electron chi connectivity index (χ4n) is 2.81. The lowest BCUT2D eigenvalue weighted by Crippen LogP contribution is -2.39. The van der Waals surface area contributed by atoms with E-state index in [0.29, 0.717) is 18.0 Å². The average molecular weight is 323 g/mol. The first kappa shape index (κ1) is 16.4. The van der Waals surface area contributed by atoms with E-state index in [9.17, 15) is 4.79 Å². The molecule has 0 bridgehead atoms. The second-order valence-corrected chi connectivity index (χ2v) is 5.31. The summed E-state index contributed by atoms with van der Waals surface area (Å²) >= 11 is 0. The first-order chi connectivity index (χ1) is 10.3. The molecule has 1 aliphatic carbocycles. The van der Waals surface area contributed by atoms with E-state index in [4.69, 9.17) is 5.73 Å². The van der Waals surface area contributed by atoms with Gasteiger partial charge in [0.1, 0.15) is 6.33 Å². The molecule has 1 aromatic carbocycles. The van der Waals surface area contributed by atoms with Gasteiger partial charge in [-0.25, -0.2) is 4.68 Å². The second-order valence-electron chi connectivity index (χ2n) is 5.31. The predicted octanol–water partition coefficient (Wildman–Crippen LogP) is 0.941. The minimum Gasteiger partial charge on any atom is -0.349 e. The molecule has 1 aliphatic rings. The van der Waals surface area contributed by atoms with Gasteiger partial charge in [0.25, 0.3) is 5.91 Å². The van der Waals surface area contributed by atoms with Crippen LogP contribution in [-0.2, 0) is 0 Å². The molecule has 2 aromatic rings. The maximum Gasteiger partial charge on any atom is 0.251 e. The van der Waals surface area contributed by atoms with Crippen molar-refractivity contribution in [2.24, 2.45) is 11.7 Å². The number of carbonyl (C=O) groups is 1. The fraction of sp³-hybridized carbons (Fsp3) is 0.429. The molecular weight excluding hydrogens is 304 g/mol. The molecule has 2 atom stereocenters. The highest BCUT2D eigenvalue weighted by Crippen LogP contribution is 2.24. The van der Waals surface area contributed by atoms with Gasteiger partial charge in [-0.05, 0) is 60.0 Å². The van der Waals surface area contributed by atoms with Crippen molar-refractivity contribution >= 4 is 18.3 Å². The standard InChI is InChI=1S/C14H18N6O.ClH/c15-8-11-2-1-3-13(11)17-14(21)10-4-6-12(7-5-10)20-9-16-18-19-20;/h4-7,9,11,13H,1-3,8,15H2,(H,17,21);1H. The molecule has 0 radical (unpaired) electrons. The Hall–Kier alpha value is -1.99. The van der Waals surface area contributed by atoms with Crippen molar-refractivity contribution in [2.75, 3.05) is 6.54 Å². The quantitative estimate of drug-likeness (QED) is 0.873. The van der Waals surface area contributed by atoms with Crippen LogP contribution in [-0.4, -0.2) is 38.7 Å². The molecule has 0 aliphatic heterocycles. The predicted molar refractivity (Wildman–Crippen MR) is 84.1 cm³/mol. The zero-order valence-corrected chi connectivity index (χ0v) is 12.9. The van der Waals surface area contributed by atoms with Gasteiger partial charge in [-0.15, -0.1) is 17.5 Å². The van der Waals surface area contributed by atoms with Gasteiger partial charge in [-0.2, -0.15) is 0 Å². The van der Waals surface area contributed by atoms with E-state index < -0.39 is 0 Å². The first-order valence-corrected chi connectivity index (χ1v) is 7.12. The lowest BCUT2D eigenvalue weighted by molar-refractivity contribution is 0.0929. The van der Waals surface area contributed by atoms with Crippen LogP contribution in [0.1, 0.15) is 29.6 Å². The molecule has 8 heteroatoms. The topological polar surface area (TPSA) is 98.7 Å². The van der Waals surface area contributed by atoms with Crippen molar-refractivity contribution in [1.29, 1.82) is 0 Å². The summed E-state index contributed by atoms with van der Waals surface area (Å²) in [5, 5.41) is 14.1. The molecule has 2 unspecified atom stereocenters. The molecule has 22 heavy (non-hydrogen) atoms. The Bertz CT molecular complexity index is 600. The van der Waals surface area contributed by atoms with Gasteiger partial charge < -0.3 is 11.1 Å². The zero-order chi connectivity index (χ0) is 14.7. The van der Waals surface area contributed by atoms with E-state index in [1.54, 1.807) is 16.8 Å². The van der Waals surface area contributed by atoms with Crippen molar-refractivity contribution in [3.63, 3.8) is 0 Å². The molecule has 1 aromatic heterocycles. The Morgan fingerprint density at radius 2 is 2.09 bits per heavy atom. The number of nitrogens with one attached hydrogen (secondary N) is 1. The molecule has 1 fully saturated rings. The third-order valence-electron chi connectivity index (χ3n) is 4.02. The van der Waals surface area contributed by atoms with E-state index >= 15 is 0 Å². The van der Waals surface area contributed by atoms with E-state index in [-0.39, 0.29) is 24.4 Å². The molecule has 7 nitrogen and oxygen atoms in total. The number of benzene rings is 1. The Morgan fingerprint density at radius 1 is 1.32 bits per heavy atom. The summed E-state index contributed by atoms with van der Waals surface area (Å²) in [6.07, 6.45) is 4.75. The van der Waals surface area contributed by atoms with Crippen LogP contribution in [0.5, 0.6) is 0 Å². The SMILES string of the molecule is Cl.NCC1CCCC1NC(=O)c1ccc(-n2cnnn2)cc1. The Labute approximate surface area is 134 Å². The zero-order valence-electron chi connectivity index (χ0n) is 12.1. The van der Waals surface area contributed by atoms with Crippen molar-refractivity contribution in [3.05, 3.63) is 36.2 Å². The van der Waals surface area contributed by atoms with Gasteiger partial charge >= 0.3 is 0 Å². The summed E-state index contributed by atoms with van der Waals surface area (Å²) in [5.41, 5.74) is 7.19. The van der Waals surface area contributed by atoms with Gasteiger partial charge in [0.05, 0.1) is 5.69 Å². The number of amides is 1. The highest BCUT2D eigenvalue weighted by molar-refractivity contribution is 5.94. The largest absolute Gasteiger partial charge is 0.349 e. The minimum absolute atomic E-state index is 0. The van der Waals surface area contributed by atoms with Crippen LogP contribution in [0.15, 0.2) is 30.6 Å². The summed E-state index contributed by atoms with van der Waals surface area (Å²) in [5.74, 6) is 0.345. The van der Waals surface area contributed by atoms with Crippen LogP contribution in [0.25, 0.3) is 5.69 Å². The molecule has 1 saturated carbocycles. The first-order valence-electron chi connectivity index (χ1n) is 7.12. The number of hydrogen-bond acceptors (Lipinski definition) is 5. The highest BCUT2D eigenvalue weighted by atomic mass is 35.5. The fourth-order valence-corrected chi connectivity index (χ4v) is 2.81. The third-order valence-corrected chi connectivity index (χ3v) is 4.02. The maximum absolute atomic E-state index is 12.3. The van der Waals surface area contributed by atoms with E-state index in [1.165, 1.54) is 6.33 Å². The Kier molecular flexibility index (Phi) is 5.46. The van der Waals surface area contributed by atoms with Gasteiger partial charge in [0.2, 0.25) is 0 Å². The lowest BCUT2D eigenvalue weighted by atomic mass is 10.0. The van der Waals surface area contributed by atoms with Crippen molar-refractivity contribution in [1.82, 2.24) is 25.5 Å².